The molecule has 1 unspecified atom stereocenters. The van der Waals surface area contributed by atoms with E-state index in [-0.39, 0.29) is 0 Å². The van der Waals surface area contributed by atoms with Crippen molar-refractivity contribution in [2.75, 3.05) is 7.11 Å². The first kappa shape index (κ1) is 10.5. The Hall–Kier alpha value is -0.570. The van der Waals surface area contributed by atoms with Gasteiger partial charge in [0, 0.05) is 12.1 Å². The lowest BCUT2D eigenvalue weighted by molar-refractivity contribution is 0.184. The molecule has 0 aliphatic heterocycles. The van der Waals surface area contributed by atoms with Crippen molar-refractivity contribution in [3.63, 3.8) is 0 Å². The number of hydrogen-bond donors (Lipinski definition) is 1. The predicted octanol–water partition coefficient (Wildman–Crippen LogP) is 2.54. The average Bonchev–Trinajstić information content (AvgIpc) is 2.08. The van der Waals surface area contributed by atoms with Crippen molar-refractivity contribution in [2.45, 2.75) is 19.6 Å². The lowest BCUT2D eigenvalue weighted by Gasteiger charge is -2.08. The fourth-order valence-corrected chi connectivity index (χ4v) is 1.34. The van der Waals surface area contributed by atoms with Crippen LogP contribution in [0.5, 0.6) is 0 Å². The number of ether oxygens (including phenoxy) is 1. The molecular weight excluding hydrogens is 188 g/mol. The van der Waals surface area contributed by atoms with E-state index in [4.69, 9.17) is 16.3 Å². The average molecular weight is 201 g/mol. The minimum absolute atomic E-state index is 0.478. The Balaban J connectivity index is 2.92. The zero-order valence-corrected chi connectivity index (χ0v) is 8.51. The van der Waals surface area contributed by atoms with Crippen LogP contribution in [0.15, 0.2) is 18.2 Å². The van der Waals surface area contributed by atoms with Gasteiger partial charge in [-0.15, -0.1) is 0 Å². The first-order valence-corrected chi connectivity index (χ1v) is 4.48. The van der Waals surface area contributed by atoms with E-state index < -0.39 is 6.10 Å². The highest BCUT2D eigenvalue weighted by atomic mass is 35.5. The lowest BCUT2D eigenvalue weighted by atomic mass is 10.1. The molecule has 0 spiro atoms. The van der Waals surface area contributed by atoms with Crippen LogP contribution < -0.4 is 0 Å². The first-order chi connectivity index (χ1) is 6.15. The number of rotatable bonds is 3. The third kappa shape index (κ3) is 2.69. The summed E-state index contributed by atoms with van der Waals surface area (Å²) in [7, 11) is 1.62. The number of hydrogen-bond acceptors (Lipinski definition) is 2. The Morgan fingerprint density at radius 1 is 1.54 bits per heavy atom. The summed E-state index contributed by atoms with van der Waals surface area (Å²) in [4.78, 5) is 0. The van der Waals surface area contributed by atoms with Crippen LogP contribution in [-0.2, 0) is 11.3 Å². The lowest BCUT2D eigenvalue weighted by Crippen LogP contribution is -1.94. The van der Waals surface area contributed by atoms with Crippen molar-refractivity contribution in [1.29, 1.82) is 0 Å². The molecule has 0 bridgehead atoms. The smallest absolute Gasteiger partial charge is 0.0762 e. The Kier molecular flexibility index (Phi) is 3.72. The molecule has 0 aromatic heterocycles. The largest absolute Gasteiger partial charge is 0.389 e. The zero-order chi connectivity index (χ0) is 9.84. The van der Waals surface area contributed by atoms with Gasteiger partial charge in [-0.1, -0.05) is 23.7 Å². The van der Waals surface area contributed by atoms with Crippen LogP contribution in [0, 0.1) is 0 Å². The van der Waals surface area contributed by atoms with E-state index in [0.29, 0.717) is 11.6 Å². The maximum Gasteiger partial charge on any atom is 0.0762 e. The quantitative estimate of drug-likeness (QED) is 0.813. The molecule has 0 amide bonds. The summed E-state index contributed by atoms with van der Waals surface area (Å²) >= 11 is 5.96. The fourth-order valence-electron chi connectivity index (χ4n) is 1.10. The number of halogens is 1. The highest BCUT2D eigenvalue weighted by Gasteiger charge is 2.04. The van der Waals surface area contributed by atoms with Crippen molar-refractivity contribution in [1.82, 2.24) is 0 Å². The van der Waals surface area contributed by atoms with Gasteiger partial charge in [0.1, 0.15) is 0 Å². The van der Waals surface area contributed by atoms with E-state index in [1.54, 1.807) is 20.1 Å². The van der Waals surface area contributed by atoms with Gasteiger partial charge in [0.25, 0.3) is 0 Å². The summed E-state index contributed by atoms with van der Waals surface area (Å²) in [5.41, 5.74) is 1.76. The Morgan fingerprint density at radius 3 is 2.69 bits per heavy atom. The second-order valence-corrected chi connectivity index (χ2v) is 3.37. The third-order valence-corrected chi connectivity index (χ3v) is 2.21. The Labute approximate surface area is 83.1 Å². The molecule has 1 rings (SSSR count). The van der Waals surface area contributed by atoms with Crippen LogP contribution in [-0.4, -0.2) is 12.2 Å². The van der Waals surface area contributed by atoms with Crippen LogP contribution in [0.4, 0.5) is 0 Å². The van der Waals surface area contributed by atoms with E-state index in [1.165, 1.54) is 0 Å². The van der Waals surface area contributed by atoms with Crippen LogP contribution >= 0.6 is 11.6 Å². The van der Waals surface area contributed by atoms with Crippen LogP contribution in [0.2, 0.25) is 5.02 Å². The topological polar surface area (TPSA) is 29.5 Å². The summed E-state index contributed by atoms with van der Waals surface area (Å²) in [5.74, 6) is 0. The van der Waals surface area contributed by atoms with Crippen molar-refractivity contribution in [3.8, 4) is 0 Å². The van der Waals surface area contributed by atoms with Gasteiger partial charge in [0.15, 0.2) is 0 Å². The van der Waals surface area contributed by atoms with E-state index in [9.17, 15) is 5.11 Å². The van der Waals surface area contributed by atoms with Gasteiger partial charge in [-0.2, -0.15) is 0 Å². The predicted molar refractivity (Wildman–Crippen MR) is 52.8 cm³/mol. The fraction of sp³-hybridized carbons (Fsp3) is 0.400. The molecule has 0 saturated carbocycles. The molecule has 72 valence electrons. The van der Waals surface area contributed by atoms with Gasteiger partial charge >= 0.3 is 0 Å². The van der Waals surface area contributed by atoms with Gasteiger partial charge in [0.2, 0.25) is 0 Å². The molecule has 0 heterocycles. The van der Waals surface area contributed by atoms with Crippen molar-refractivity contribution in [2.24, 2.45) is 0 Å². The van der Waals surface area contributed by atoms with Gasteiger partial charge in [-0.25, -0.2) is 0 Å². The number of methoxy groups -OCH3 is 1. The van der Waals surface area contributed by atoms with E-state index in [1.807, 2.05) is 12.1 Å². The summed E-state index contributed by atoms with van der Waals surface area (Å²) in [5, 5.41) is 9.92. The maximum absolute atomic E-state index is 9.28. The van der Waals surface area contributed by atoms with E-state index in [2.05, 4.69) is 0 Å². The molecule has 1 aromatic rings. The molecule has 2 nitrogen and oxygen atoms in total. The number of aliphatic hydroxyl groups excluding tert-OH is 1. The highest BCUT2D eigenvalue weighted by molar-refractivity contribution is 6.31. The van der Waals surface area contributed by atoms with E-state index in [0.717, 1.165) is 11.1 Å². The van der Waals surface area contributed by atoms with Gasteiger partial charge in [0.05, 0.1) is 12.7 Å². The second kappa shape index (κ2) is 4.61. The van der Waals surface area contributed by atoms with Crippen LogP contribution in [0.25, 0.3) is 0 Å². The summed E-state index contributed by atoms with van der Waals surface area (Å²) < 4.78 is 4.96. The van der Waals surface area contributed by atoms with Crippen LogP contribution in [0.1, 0.15) is 24.2 Å². The molecule has 0 aliphatic carbocycles. The summed E-state index contributed by atoms with van der Waals surface area (Å²) in [6, 6.07) is 5.49. The molecule has 13 heavy (non-hydrogen) atoms. The molecular formula is C10H13ClO2. The molecule has 0 radical (unpaired) electrons. The molecule has 0 fully saturated rings. The number of aliphatic hydroxyl groups is 1. The first-order valence-electron chi connectivity index (χ1n) is 4.10. The molecule has 3 heteroatoms. The normalized spacial score (nSPS) is 12.9. The standard InChI is InChI=1S/C10H13ClO2/c1-7(12)8-3-4-9(6-13-2)10(11)5-8/h3-5,7,12H,6H2,1-2H3. The van der Waals surface area contributed by atoms with Crippen molar-refractivity contribution < 1.29 is 9.84 Å². The molecule has 0 saturated heterocycles. The molecule has 0 aliphatic rings. The molecule has 1 N–H and O–H groups in total. The van der Waals surface area contributed by atoms with Crippen molar-refractivity contribution in [3.05, 3.63) is 34.3 Å². The Morgan fingerprint density at radius 2 is 2.23 bits per heavy atom. The van der Waals surface area contributed by atoms with Crippen molar-refractivity contribution >= 4 is 11.6 Å². The third-order valence-electron chi connectivity index (χ3n) is 1.86. The SMILES string of the molecule is COCc1ccc(C(C)O)cc1Cl. The summed E-state index contributed by atoms with van der Waals surface area (Å²) in [6.45, 7) is 2.21. The monoisotopic (exact) mass is 200 g/mol. The molecule has 1 atom stereocenters. The van der Waals surface area contributed by atoms with Gasteiger partial charge < -0.3 is 9.84 Å². The van der Waals surface area contributed by atoms with Gasteiger partial charge in [-0.3, -0.25) is 0 Å². The highest BCUT2D eigenvalue weighted by Crippen LogP contribution is 2.22. The second-order valence-electron chi connectivity index (χ2n) is 2.96. The molecule has 1 aromatic carbocycles. The Bertz CT molecular complexity index is 284. The minimum Gasteiger partial charge on any atom is -0.389 e. The van der Waals surface area contributed by atoms with Crippen LogP contribution in [0.3, 0.4) is 0 Å². The van der Waals surface area contributed by atoms with E-state index >= 15 is 0 Å². The number of benzene rings is 1. The summed E-state index contributed by atoms with van der Waals surface area (Å²) in [6.07, 6.45) is -0.478. The zero-order valence-electron chi connectivity index (χ0n) is 7.75. The minimum atomic E-state index is -0.478. The maximum atomic E-state index is 9.28. The van der Waals surface area contributed by atoms with Gasteiger partial charge in [-0.05, 0) is 24.1 Å².